The molecule has 4 nitrogen and oxygen atoms in total. The summed E-state index contributed by atoms with van der Waals surface area (Å²) < 4.78 is 10.5. The van der Waals surface area contributed by atoms with E-state index < -0.39 is 0 Å². The standard InChI is InChI=1S/C12H18N2O2/c1-10-3-4-13-12(7-10)14-8-11(9-14)16-6-5-15-2/h3-4,7,11H,5-6,8-9H2,1-2H3. The summed E-state index contributed by atoms with van der Waals surface area (Å²) in [7, 11) is 1.69. The maximum atomic E-state index is 5.61. The summed E-state index contributed by atoms with van der Waals surface area (Å²) in [6.07, 6.45) is 2.18. The van der Waals surface area contributed by atoms with E-state index in [4.69, 9.17) is 9.47 Å². The molecule has 1 fully saturated rings. The summed E-state index contributed by atoms with van der Waals surface area (Å²) in [6.45, 7) is 5.29. The molecule has 0 bridgehead atoms. The van der Waals surface area contributed by atoms with Crippen LogP contribution in [0.2, 0.25) is 0 Å². The van der Waals surface area contributed by atoms with Crippen LogP contribution >= 0.6 is 0 Å². The van der Waals surface area contributed by atoms with Crippen LogP contribution in [0.1, 0.15) is 5.56 Å². The third kappa shape index (κ3) is 2.71. The molecule has 1 aliphatic heterocycles. The number of rotatable bonds is 5. The molecule has 0 amide bonds. The highest BCUT2D eigenvalue weighted by Crippen LogP contribution is 2.20. The molecular formula is C12H18N2O2. The molecule has 0 unspecified atom stereocenters. The van der Waals surface area contributed by atoms with Gasteiger partial charge in [-0.15, -0.1) is 0 Å². The smallest absolute Gasteiger partial charge is 0.128 e. The Morgan fingerprint density at radius 1 is 1.44 bits per heavy atom. The predicted molar refractivity (Wildman–Crippen MR) is 62.8 cm³/mol. The number of ether oxygens (including phenoxy) is 2. The molecule has 2 heterocycles. The van der Waals surface area contributed by atoms with E-state index in [-0.39, 0.29) is 0 Å². The molecule has 16 heavy (non-hydrogen) atoms. The Morgan fingerprint density at radius 2 is 2.25 bits per heavy atom. The quantitative estimate of drug-likeness (QED) is 0.702. The molecule has 0 atom stereocenters. The van der Waals surface area contributed by atoms with E-state index in [0.29, 0.717) is 19.3 Å². The number of methoxy groups -OCH3 is 1. The van der Waals surface area contributed by atoms with Gasteiger partial charge < -0.3 is 14.4 Å². The molecule has 88 valence electrons. The third-order valence-corrected chi connectivity index (χ3v) is 2.71. The zero-order chi connectivity index (χ0) is 11.4. The van der Waals surface area contributed by atoms with Crippen LogP contribution in [-0.2, 0) is 9.47 Å². The van der Waals surface area contributed by atoms with Crippen molar-refractivity contribution in [1.82, 2.24) is 4.98 Å². The zero-order valence-corrected chi connectivity index (χ0v) is 9.85. The second-order valence-electron chi connectivity index (χ2n) is 4.08. The summed E-state index contributed by atoms with van der Waals surface area (Å²) in [6, 6.07) is 4.11. The molecule has 0 saturated carbocycles. The number of anilines is 1. The van der Waals surface area contributed by atoms with Crippen LogP contribution < -0.4 is 4.90 Å². The van der Waals surface area contributed by atoms with E-state index in [1.54, 1.807) is 7.11 Å². The van der Waals surface area contributed by atoms with Crippen molar-refractivity contribution in [3.8, 4) is 0 Å². The Kier molecular flexibility index (Phi) is 3.74. The lowest BCUT2D eigenvalue weighted by Crippen LogP contribution is -2.53. The maximum Gasteiger partial charge on any atom is 0.128 e. The molecule has 0 N–H and O–H groups in total. The van der Waals surface area contributed by atoms with E-state index in [9.17, 15) is 0 Å². The first kappa shape index (κ1) is 11.4. The third-order valence-electron chi connectivity index (χ3n) is 2.71. The second-order valence-corrected chi connectivity index (χ2v) is 4.08. The second kappa shape index (κ2) is 5.27. The molecule has 1 aromatic rings. The molecule has 2 rings (SSSR count). The number of aromatic nitrogens is 1. The Hall–Kier alpha value is -1.13. The molecule has 0 aliphatic carbocycles. The fourth-order valence-electron chi connectivity index (χ4n) is 1.72. The van der Waals surface area contributed by atoms with Gasteiger partial charge in [0.1, 0.15) is 5.82 Å². The lowest BCUT2D eigenvalue weighted by atomic mass is 10.1. The monoisotopic (exact) mass is 222 g/mol. The fourth-order valence-corrected chi connectivity index (χ4v) is 1.72. The summed E-state index contributed by atoms with van der Waals surface area (Å²) in [4.78, 5) is 6.56. The number of nitrogens with zero attached hydrogens (tertiary/aromatic N) is 2. The van der Waals surface area contributed by atoms with Crippen molar-refractivity contribution in [2.75, 3.05) is 38.3 Å². The van der Waals surface area contributed by atoms with Crippen molar-refractivity contribution in [1.29, 1.82) is 0 Å². The minimum Gasteiger partial charge on any atom is -0.382 e. The van der Waals surface area contributed by atoms with Crippen LogP contribution in [0.4, 0.5) is 5.82 Å². The number of pyridine rings is 1. The Morgan fingerprint density at radius 3 is 2.94 bits per heavy atom. The molecule has 0 spiro atoms. The summed E-state index contributed by atoms with van der Waals surface area (Å²) in [5, 5.41) is 0. The van der Waals surface area contributed by atoms with E-state index in [2.05, 4.69) is 22.9 Å². The van der Waals surface area contributed by atoms with Crippen molar-refractivity contribution in [2.45, 2.75) is 13.0 Å². The lowest BCUT2D eigenvalue weighted by Gasteiger charge is -2.39. The first-order chi connectivity index (χ1) is 7.79. The first-order valence-corrected chi connectivity index (χ1v) is 5.58. The largest absolute Gasteiger partial charge is 0.382 e. The summed E-state index contributed by atoms with van der Waals surface area (Å²) >= 11 is 0. The highest BCUT2D eigenvalue weighted by atomic mass is 16.5. The van der Waals surface area contributed by atoms with Gasteiger partial charge in [-0.3, -0.25) is 0 Å². The van der Waals surface area contributed by atoms with Crippen LogP contribution in [0.5, 0.6) is 0 Å². The number of aryl methyl sites for hydroxylation is 1. The zero-order valence-electron chi connectivity index (χ0n) is 9.85. The van der Waals surface area contributed by atoms with Crippen LogP contribution in [0.3, 0.4) is 0 Å². The Balaban J connectivity index is 1.75. The lowest BCUT2D eigenvalue weighted by molar-refractivity contribution is 0.00376. The van der Waals surface area contributed by atoms with Gasteiger partial charge in [-0.1, -0.05) is 0 Å². The predicted octanol–water partition coefficient (Wildman–Crippen LogP) is 1.24. The minimum atomic E-state index is 0.331. The van der Waals surface area contributed by atoms with Crippen LogP contribution in [0, 0.1) is 6.92 Å². The van der Waals surface area contributed by atoms with Crippen molar-refractivity contribution in [2.24, 2.45) is 0 Å². The molecule has 1 aromatic heterocycles. The van der Waals surface area contributed by atoms with Crippen LogP contribution in [0.15, 0.2) is 18.3 Å². The van der Waals surface area contributed by atoms with Gasteiger partial charge in [-0.05, 0) is 24.6 Å². The molecule has 1 aliphatic rings. The highest BCUT2D eigenvalue weighted by molar-refractivity contribution is 5.43. The van der Waals surface area contributed by atoms with E-state index in [1.165, 1.54) is 5.56 Å². The van der Waals surface area contributed by atoms with Gasteiger partial charge in [0.2, 0.25) is 0 Å². The molecular weight excluding hydrogens is 204 g/mol. The van der Waals surface area contributed by atoms with Gasteiger partial charge in [0, 0.05) is 26.4 Å². The SMILES string of the molecule is COCCOC1CN(c2cc(C)ccn2)C1. The molecule has 1 saturated heterocycles. The van der Waals surface area contributed by atoms with Gasteiger partial charge >= 0.3 is 0 Å². The van der Waals surface area contributed by atoms with Gasteiger partial charge in [0.05, 0.1) is 19.3 Å². The van der Waals surface area contributed by atoms with E-state index >= 15 is 0 Å². The van der Waals surface area contributed by atoms with Gasteiger partial charge in [0.15, 0.2) is 0 Å². The minimum absolute atomic E-state index is 0.331. The van der Waals surface area contributed by atoms with Crippen molar-refractivity contribution < 1.29 is 9.47 Å². The van der Waals surface area contributed by atoms with E-state index in [1.807, 2.05) is 12.3 Å². The number of hydrogen-bond acceptors (Lipinski definition) is 4. The summed E-state index contributed by atoms with van der Waals surface area (Å²) in [5.41, 5.74) is 1.24. The van der Waals surface area contributed by atoms with Crippen molar-refractivity contribution in [3.05, 3.63) is 23.9 Å². The van der Waals surface area contributed by atoms with Gasteiger partial charge in [0.25, 0.3) is 0 Å². The summed E-state index contributed by atoms with van der Waals surface area (Å²) in [5.74, 6) is 1.05. The van der Waals surface area contributed by atoms with Gasteiger partial charge in [-0.25, -0.2) is 4.98 Å². The fraction of sp³-hybridized carbons (Fsp3) is 0.583. The van der Waals surface area contributed by atoms with Crippen LogP contribution in [-0.4, -0.2) is 44.5 Å². The molecule has 0 radical (unpaired) electrons. The van der Waals surface area contributed by atoms with E-state index in [0.717, 1.165) is 18.9 Å². The maximum absolute atomic E-state index is 5.61. The Labute approximate surface area is 96.2 Å². The van der Waals surface area contributed by atoms with Gasteiger partial charge in [-0.2, -0.15) is 0 Å². The average Bonchev–Trinajstić information content (AvgIpc) is 2.21. The normalized spacial score (nSPS) is 16.2. The average molecular weight is 222 g/mol. The number of hydrogen-bond donors (Lipinski definition) is 0. The molecule has 0 aromatic carbocycles. The van der Waals surface area contributed by atoms with Crippen molar-refractivity contribution in [3.63, 3.8) is 0 Å². The van der Waals surface area contributed by atoms with Crippen molar-refractivity contribution >= 4 is 5.82 Å². The topological polar surface area (TPSA) is 34.6 Å². The first-order valence-electron chi connectivity index (χ1n) is 5.58. The Bertz CT molecular complexity index is 338. The highest BCUT2D eigenvalue weighted by Gasteiger charge is 2.28. The van der Waals surface area contributed by atoms with Crippen LogP contribution in [0.25, 0.3) is 0 Å². The molecule has 4 heteroatoms.